The van der Waals surface area contributed by atoms with Gasteiger partial charge in [0, 0.05) is 43.8 Å². The van der Waals surface area contributed by atoms with Crippen LogP contribution in [-0.4, -0.2) is 60.6 Å². The summed E-state index contributed by atoms with van der Waals surface area (Å²) in [6, 6.07) is 1.43. The summed E-state index contributed by atoms with van der Waals surface area (Å²) >= 11 is 0. The summed E-state index contributed by atoms with van der Waals surface area (Å²) in [5.74, 6) is 0. The van der Waals surface area contributed by atoms with Crippen LogP contribution in [0.2, 0.25) is 0 Å². The van der Waals surface area contributed by atoms with Gasteiger partial charge in [-0.15, -0.1) is 0 Å². The topological polar surface area (TPSA) is 18.5 Å². The van der Waals surface area contributed by atoms with Crippen LogP contribution >= 0.6 is 0 Å². The summed E-state index contributed by atoms with van der Waals surface area (Å²) in [6.07, 6.45) is 2.50. The highest BCUT2D eigenvalue weighted by molar-refractivity contribution is 4.85. The minimum absolute atomic E-state index is 0.226. The molecule has 0 spiro atoms. The quantitative estimate of drug-likeness (QED) is 0.812. The summed E-state index contributed by atoms with van der Waals surface area (Å²) in [7, 11) is 2.26. The van der Waals surface area contributed by atoms with E-state index in [0.717, 1.165) is 12.6 Å². The van der Waals surface area contributed by atoms with Gasteiger partial charge >= 0.3 is 0 Å². The van der Waals surface area contributed by atoms with Gasteiger partial charge in [-0.1, -0.05) is 13.8 Å². The van der Waals surface area contributed by atoms with E-state index >= 15 is 0 Å². The Morgan fingerprint density at radius 3 is 2.39 bits per heavy atom. The molecule has 1 rings (SSSR count). The van der Waals surface area contributed by atoms with Gasteiger partial charge in [-0.2, -0.15) is 0 Å². The Balaban J connectivity index is 2.49. The second-order valence-corrected chi connectivity index (χ2v) is 6.73. The third-order valence-electron chi connectivity index (χ3n) is 4.14. The Hall–Kier alpha value is -0.120. The molecule has 1 fully saturated rings. The van der Waals surface area contributed by atoms with Gasteiger partial charge in [0.25, 0.3) is 0 Å². The molecule has 1 aliphatic heterocycles. The van der Waals surface area contributed by atoms with Crippen molar-refractivity contribution in [2.45, 2.75) is 65.1 Å². The second kappa shape index (κ2) is 6.88. The van der Waals surface area contributed by atoms with Crippen LogP contribution < -0.4 is 5.32 Å². The molecule has 0 bridgehead atoms. The monoisotopic (exact) mass is 255 g/mol. The van der Waals surface area contributed by atoms with Gasteiger partial charge < -0.3 is 10.2 Å². The maximum Gasteiger partial charge on any atom is 0.0219 e. The summed E-state index contributed by atoms with van der Waals surface area (Å²) in [6.45, 7) is 16.1. The number of rotatable bonds is 5. The van der Waals surface area contributed by atoms with E-state index in [4.69, 9.17) is 0 Å². The van der Waals surface area contributed by atoms with E-state index in [2.05, 4.69) is 56.8 Å². The lowest BCUT2D eigenvalue weighted by atomic mass is 10.0. The minimum atomic E-state index is 0.226. The van der Waals surface area contributed by atoms with Crippen molar-refractivity contribution < 1.29 is 0 Å². The molecule has 0 aromatic heterocycles. The first-order valence-corrected chi connectivity index (χ1v) is 7.56. The van der Waals surface area contributed by atoms with Crippen molar-refractivity contribution in [2.75, 3.05) is 33.2 Å². The fourth-order valence-corrected chi connectivity index (χ4v) is 2.70. The molecule has 0 aliphatic carbocycles. The van der Waals surface area contributed by atoms with Gasteiger partial charge in [0.2, 0.25) is 0 Å². The molecule has 2 unspecified atom stereocenters. The molecule has 0 amide bonds. The molecule has 1 N–H and O–H groups in total. The predicted molar refractivity (Wildman–Crippen MR) is 80.1 cm³/mol. The molecule has 1 heterocycles. The van der Waals surface area contributed by atoms with Gasteiger partial charge in [0.05, 0.1) is 0 Å². The molecular weight excluding hydrogens is 222 g/mol. The first-order valence-electron chi connectivity index (χ1n) is 7.56. The summed E-state index contributed by atoms with van der Waals surface area (Å²) < 4.78 is 0. The lowest BCUT2D eigenvalue weighted by molar-refractivity contribution is 0.0586. The zero-order chi connectivity index (χ0) is 13.8. The van der Waals surface area contributed by atoms with Gasteiger partial charge in [0.15, 0.2) is 0 Å². The summed E-state index contributed by atoms with van der Waals surface area (Å²) in [5, 5.41) is 3.66. The van der Waals surface area contributed by atoms with E-state index in [1.165, 1.54) is 32.5 Å². The van der Waals surface area contributed by atoms with Crippen LogP contribution in [0.5, 0.6) is 0 Å². The summed E-state index contributed by atoms with van der Waals surface area (Å²) in [4.78, 5) is 5.20. The normalized spacial score (nSPS) is 25.3. The number of nitrogens with one attached hydrogen (secondary N) is 1. The lowest BCUT2D eigenvalue weighted by Crippen LogP contribution is -2.57. The molecule has 18 heavy (non-hydrogen) atoms. The van der Waals surface area contributed by atoms with Gasteiger partial charge in [-0.3, -0.25) is 4.90 Å². The maximum absolute atomic E-state index is 3.66. The molecule has 0 aromatic carbocycles. The zero-order valence-corrected chi connectivity index (χ0v) is 13.3. The number of hydrogen-bond donors (Lipinski definition) is 1. The smallest absolute Gasteiger partial charge is 0.0219 e. The molecule has 3 heteroatoms. The molecule has 2 atom stereocenters. The number of nitrogens with zero attached hydrogens (tertiary/aromatic N) is 2. The molecule has 3 nitrogen and oxygen atoms in total. The molecule has 1 saturated heterocycles. The minimum Gasteiger partial charge on any atom is -0.311 e. The highest BCUT2D eigenvalue weighted by Crippen LogP contribution is 2.15. The van der Waals surface area contributed by atoms with Crippen molar-refractivity contribution in [2.24, 2.45) is 0 Å². The zero-order valence-electron chi connectivity index (χ0n) is 13.3. The Labute approximate surface area is 114 Å². The molecule has 0 aromatic rings. The number of likely N-dealkylation sites (N-methyl/N-ethyl adjacent to an activating group) is 1. The van der Waals surface area contributed by atoms with E-state index in [1.807, 2.05) is 0 Å². The maximum atomic E-state index is 3.66. The standard InChI is InChI=1S/C15H33N3/c1-7-13(11-16-15(3,4)5)18-10-9-17(6)14(8-2)12-18/h13-14,16H,7-12H2,1-6H3. The Bertz CT molecular complexity index is 234. The van der Waals surface area contributed by atoms with Crippen LogP contribution in [-0.2, 0) is 0 Å². The molecule has 0 radical (unpaired) electrons. The van der Waals surface area contributed by atoms with Crippen molar-refractivity contribution in [3.63, 3.8) is 0 Å². The fraction of sp³-hybridized carbons (Fsp3) is 1.00. The van der Waals surface area contributed by atoms with Gasteiger partial charge in [-0.05, 0) is 40.7 Å². The van der Waals surface area contributed by atoms with E-state index in [-0.39, 0.29) is 5.54 Å². The first-order chi connectivity index (χ1) is 8.37. The van der Waals surface area contributed by atoms with Crippen molar-refractivity contribution in [1.29, 1.82) is 0 Å². The average molecular weight is 255 g/mol. The van der Waals surface area contributed by atoms with Gasteiger partial charge in [-0.25, -0.2) is 0 Å². The van der Waals surface area contributed by atoms with Gasteiger partial charge in [0.1, 0.15) is 0 Å². The summed E-state index contributed by atoms with van der Waals surface area (Å²) in [5.41, 5.74) is 0.226. The van der Waals surface area contributed by atoms with Crippen LogP contribution in [0.25, 0.3) is 0 Å². The second-order valence-electron chi connectivity index (χ2n) is 6.73. The van der Waals surface area contributed by atoms with E-state index in [9.17, 15) is 0 Å². The lowest BCUT2D eigenvalue weighted by Gasteiger charge is -2.43. The molecule has 108 valence electrons. The fourth-order valence-electron chi connectivity index (χ4n) is 2.70. The SMILES string of the molecule is CCC1CN(C(CC)CNC(C)(C)C)CCN1C. The van der Waals surface area contributed by atoms with Crippen molar-refractivity contribution in [3.05, 3.63) is 0 Å². The van der Waals surface area contributed by atoms with Crippen molar-refractivity contribution in [1.82, 2.24) is 15.1 Å². The number of hydrogen-bond acceptors (Lipinski definition) is 3. The van der Waals surface area contributed by atoms with E-state index in [0.29, 0.717) is 6.04 Å². The van der Waals surface area contributed by atoms with Crippen molar-refractivity contribution in [3.8, 4) is 0 Å². The molecule has 1 aliphatic rings. The predicted octanol–water partition coefficient (Wildman–Crippen LogP) is 2.18. The third kappa shape index (κ3) is 4.87. The highest BCUT2D eigenvalue weighted by atomic mass is 15.3. The number of piperazine rings is 1. The van der Waals surface area contributed by atoms with Crippen LogP contribution in [0.1, 0.15) is 47.5 Å². The Morgan fingerprint density at radius 2 is 1.89 bits per heavy atom. The highest BCUT2D eigenvalue weighted by Gasteiger charge is 2.27. The van der Waals surface area contributed by atoms with Crippen LogP contribution in [0.3, 0.4) is 0 Å². The van der Waals surface area contributed by atoms with Crippen LogP contribution in [0.15, 0.2) is 0 Å². The van der Waals surface area contributed by atoms with Crippen LogP contribution in [0, 0.1) is 0 Å². The van der Waals surface area contributed by atoms with E-state index in [1.54, 1.807) is 0 Å². The largest absolute Gasteiger partial charge is 0.311 e. The third-order valence-corrected chi connectivity index (χ3v) is 4.14. The van der Waals surface area contributed by atoms with Crippen LogP contribution in [0.4, 0.5) is 0 Å². The molecule has 0 saturated carbocycles. The van der Waals surface area contributed by atoms with Crippen molar-refractivity contribution >= 4 is 0 Å². The molecular formula is C15H33N3. The average Bonchev–Trinajstić information content (AvgIpc) is 2.30. The van der Waals surface area contributed by atoms with E-state index < -0.39 is 0 Å². The Kier molecular flexibility index (Phi) is 6.09. The Morgan fingerprint density at radius 1 is 1.22 bits per heavy atom. The first kappa shape index (κ1) is 15.9.